The van der Waals surface area contributed by atoms with Gasteiger partial charge in [0.1, 0.15) is 0 Å². The van der Waals surface area contributed by atoms with Crippen molar-refractivity contribution in [1.29, 1.82) is 0 Å². The summed E-state index contributed by atoms with van der Waals surface area (Å²) < 4.78 is 0. The van der Waals surface area contributed by atoms with Crippen LogP contribution in [0.25, 0.3) is 11.1 Å². The molecule has 0 saturated heterocycles. The second-order valence-corrected chi connectivity index (χ2v) is 6.15. The molecular weight excluding hydrogens is 355 g/mol. The molecule has 0 spiro atoms. The molecule has 0 amide bonds. The van der Waals surface area contributed by atoms with Crippen LogP contribution in [0, 0.1) is 12.3 Å². The maximum Gasteiger partial charge on any atom is 0 e. The van der Waals surface area contributed by atoms with E-state index in [9.17, 15) is 0 Å². The third kappa shape index (κ3) is 5.36. The number of hydrogen-bond acceptors (Lipinski definition) is 0. The van der Waals surface area contributed by atoms with Gasteiger partial charge in [-0.3, -0.25) is 0 Å². The van der Waals surface area contributed by atoms with Gasteiger partial charge in [-0.25, -0.2) is 0 Å². The minimum absolute atomic E-state index is 0. The number of hydrogen-bond donors (Lipinski definition) is 0. The maximum absolute atomic E-state index is 3.66. The fourth-order valence-corrected chi connectivity index (χ4v) is 2.56. The molecule has 1 aliphatic rings. The molecular formula is C22H25Zr-. The Kier molecular flexibility index (Phi) is 7.79. The number of benzene rings is 2. The third-order valence-electron chi connectivity index (χ3n) is 4.02. The molecule has 2 aromatic rings. The van der Waals surface area contributed by atoms with E-state index in [0.717, 1.165) is 11.1 Å². The van der Waals surface area contributed by atoms with E-state index in [1.54, 1.807) is 0 Å². The van der Waals surface area contributed by atoms with Crippen LogP contribution in [0.1, 0.15) is 31.9 Å². The van der Waals surface area contributed by atoms with Crippen LogP contribution in [0.4, 0.5) is 0 Å². The Hall–Kier alpha value is -1.33. The predicted octanol–water partition coefficient (Wildman–Crippen LogP) is 6.23. The Labute approximate surface area is 160 Å². The standard InChI is InChI=1S/C16H15.C6H10.Zr/c1-12-10-14-8-5-9-15(16(14)11-12)13-6-3-2-4-7-13;1-5(2)6(3)4;/h2-10,12H,11H2,1H3;1,3H2,2,4H3;/q-1;;. The Balaban J connectivity index is 0.000000330. The van der Waals surface area contributed by atoms with E-state index in [-0.39, 0.29) is 26.2 Å². The van der Waals surface area contributed by atoms with Gasteiger partial charge in [0.15, 0.2) is 0 Å². The normalized spacial score (nSPS) is 14.5. The maximum atomic E-state index is 3.66. The molecule has 0 N–H and O–H groups in total. The molecule has 0 saturated carbocycles. The van der Waals surface area contributed by atoms with Gasteiger partial charge >= 0.3 is 0 Å². The molecule has 1 atom stereocenters. The molecule has 0 nitrogen and oxygen atoms in total. The molecule has 0 fully saturated rings. The summed E-state index contributed by atoms with van der Waals surface area (Å²) >= 11 is 0. The van der Waals surface area contributed by atoms with Crippen molar-refractivity contribution in [2.24, 2.45) is 5.92 Å². The van der Waals surface area contributed by atoms with Crippen LogP contribution >= 0.6 is 0 Å². The summed E-state index contributed by atoms with van der Waals surface area (Å²) in [6, 6.07) is 17.3. The Morgan fingerprint density at radius 1 is 0.957 bits per heavy atom. The second-order valence-electron chi connectivity index (χ2n) is 6.15. The molecule has 0 aromatic heterocycles. The summed E-state index contributed by atoms with van der Waals surface area (Å²) in [6.45, 7) is 13.5. The quantitative estimate of drug-likeness (QED) is 0.427. The zero-order valence-corrected chi connectivity index (χ0v) is 16.9. The molecule has 0 aliphatic heterocycles. The topological polar surface area (TPSA) is 0 Å². The van der Waals surface area contributed by atoms with Gasteiger partial charge in [-0.2, -0.15) is 18.1 Å². The van der Waals surface area contributed by atoms with Gasteiger partial charge in [-0.05, 0) is 19.4 Å². The first-order valence-electron chi connectivity index (χ1n) is 7.82. The average molecular weight is 381 g/mol. The van der Waals surface area contributed by atoms with Crippen LogP contribution in [0.3, 0.4) is 0 Å². The zero-order chi connectivity index (χ0) is 16.1. The molecule has 2 aromatic carbocycles. The van der Waals surface area contributed by atoms with E-state index in [0.29, 0.717) is 5.92 Å². The van der Waals surface area contributed by atoms with Gasteiger partial charge in [0, 0.05) is 26.2 Å². The van der Waals surface area contributed by atoms with E-state index in [1.165, 1.54) is 28.7 Å². The van der Waals surface area contributed by atoms with E-state index in [1.807, 2.05) is 13.8 Å². The van der Waals surface area contributed by atoms with Crippen LogP contribution < -0.4 is 0 Å². The van der Waals surface area contributed by atoms with Crippen molar-refractivity contribution in [2.45, 2.75) is 27.2 Å². The molecule has 118 valence electrons. The van der Waals surface area contributed by atoms with Crippen molar-refractivity contribution in [3.05, 3.63) is 90.4 Å². The van der Waals surface area contributed by atoms with Gasteiger partial charge in [0.2, 0.25) is 0 Å². The van der Waals surface area contributed by atoms with Crippen molar-refractivity contribution in [3.8, 4) is 11.1 Å². The van der Waals surface area contributed by atoms with E-state index >= 15 is 0 Å². The van der Waals surface area contributed by atoms with Crippen molar-refractivity contribution < 1.29 is 26.2 Å². The molecule has 0 radical (unpaired) electrons. The van der Waals surface area contributed by atoms with Crippen LogP contribution in [0.15, 0.2) is 72.8 Å². The monoisotopic (exact) mass is 379 g/mol. The molecule has 0 bridgehead atoms. The molecule has 3 rings (SSSR count). The SMILES string of the molecule is C=C(C)C(=C)C.CC1[CH-]c2cccc(-c3ccccc3)c2C1.[Zr]. The van der Waals surface area contributed by atoms with Crippen LogP contribution in [-0.4, -0.2) is 0 Å². The smallest absolute Gasteiger partial charge is 0 e. The fourth-order valence-electron chi connectivity index (χ4n) is 2.56. The molecule has 0 heterocycles. The first-order chi connectivity index (χ1) is 10.5. The fraction of sp³-hybridized carbons (Fsp3) is 0.227. The first-order valence-corrected chi connectivity index (χ1v) is 7.82. The average Bonchev–Trinajstić information content (AvgIpc) is 2.88. The van der Waals surface area contributed by atoms with Crippen LogP contribution in [0.5, 0.6) is 0 Å². The summed E-state index contributed by atoms with van der Waals surface area (Å²) in [7, 11) is 0. The second kappa shape index (κ2) is 9.09. The molecule has 1 aliphatic carbocycles. The van der Waals surface area contributed by atoms with E-state index in [4.69, 9.17) is 0 Å². The Bertz CT molecular complexity index is 656. The summed E-state index contributed by atoms with van der Waals surface area (Å²) in [5.74, 6) is 0.680. The summed E-state index contributed by atoms with van der Waals surface area (Å²) in [5.41, 5.74) is 7.81. The Morgan fingerprint density at radius 3 is 2.13 bits per heavy atom. The summed E-state index contributed by atoms with van der Waals surface area (Å²) in [4.78, 5) is 0. The van der Waals surface area contributed by atoms with Gasteiger partial charge < -0.3 is 0 Å². The van der Waals surface area contributed by atoms with Crippen molar-refractivity contribution in [3.63, 3.8) is 0 Å². The van der Waals surface area contributed by atoms with Gasteiger partial charge in [0.25, 0.3) is 0 Å². The zero-order valence-electron chi connectivity index (χ0n) is 14.4. The molecule has 23 heavy (non-hydrogen) atoms. The van der Waals surface area contributed by atoms with Crippen molar-refractivity contribution in [1.82, 2.24) is 0 Å². The summed E-state index contributed by atoms with van der Waals surface area (Å²) in [6.07, 6.45) is 3.56. The van der Waals surface area contributed by atoms with E-state index in [2.05, 4.69) is 75.0 Å². The minimum Gasteiger partial charge on any atom is -0.188 e. The Morgan fingerprint density at radius 2 is 1.57 bits per heavy atom. The summed E-state index contributed by atoms with van der Waals surface area (Å²) in [5, 5.41) is 0. The first kappa shape index (κ1) is 19.7. The van der Waals surface area contributed by atoms with Crippen molar-refractivity contribution in [2.75, 3.05) is 0 Å². The minimum atomic E-state index is 0. The molecule has 1 unspecified atom stereocenters. The number of rotatable bonds is 2. The van der Waals surface area contributed by atoms with Crippen LogP contribution in [0.2, 0.25) is 0 Å². The largest absolute Gasteiger partial charge is 0.188 e. The number of allylic oxidation sites excluding steroid dienone is 2. The van der Waals surface area contributed by atoms with Gasteiger partial charge in [-0.15, -0.1) is 11.6 Å². The predicted molar refractivity (Wildman–Crippen MR) is 97.8 cm³/mol. The molecule has 1 heteroatoms. The third-order valence-corrected chi connectivity index (χ3v) is 4.02. The number of fused-ring (bicyclic) bond motifs is 1. The van der Waals surface area contributed by atoms with Gasteiger partial charge in [-0.1, -0.05) is 85.5 Å². The van der Waals surface area contributed by atoms with E-state index < -0.39 is 0 Å². The van der Waals surface area contributed by atoms with Crippen LogP contribution in [-0.2, 0) is 32.6 Å². The van der Waals surface area contributed by atoms with Crippen molar-refractivity contribution >= 4 is 0 Å². The van der Waals surface area contributed by atoms with Gasteiger partial charge in [0.05, 0.1) is 0 Å².